The molecule has 130 valence electrons. The van der Waals surface area contributed by atoms with Crippen LogP contribution in [0.5, 0.6) is 0 Å². The van der Waals surface area contributed by atoms with Gasteiger partial charge in [-0.05, 0) is 44.0 Å². The number of hydrogen-bond acceptors (Lipinski definition) is 5. The maximum atomic E-state index is 12.2. The van der Waals surface area contributed by atoms with Gasteiger partial charge in [-0.15, -0.1) is 11.8 Å². The highest BCUT2D eigenvalue weighted by Crippen LogP contribution is 2.22. The number of anilines is 1. The molecule has 2 rings (SSSR count). The predicted octanol–water partition coefficient (Wildman–Crippen LogP) is 1.80. The van der Waals surface area contributed by atoms with Crippen molar-refractivity contribution in [2.24, 2.45) is 0 Å². The number of thioether (sulfide) groups is 1. The van der Waals surface area contributed by atoms with Crippen molar-refractivity contribution in [3.05, 3.63) is 29.3 Å². The molecule has 7 heteroatoms. The highest BCUT2D eigenvalue weighted by Gasteiger charge is 2.34. The number of rotatable bonds is 5. The number of carbonyl (C=O) groups excluding carboxylic acids is 3. The average molecular weight is 350 g/mol. The summed E-state index contributed by atoms with van der Waals surface area (Å²) in [6.07, 6.45) is 0.0685. The summed E-state index contributed by atoms with van der Waals surface area (Å²) in [6.45, 7) is 5.92. The molecule has 0 aromatic heterocycles. The van der Waals surface area contributed by atoms with E-state index in [1.807, 2.05) is 32.0 Å². The van der Waals surface area contributed by atoms with E-state index in [1.165, 1.54) is 11.8 Å². The summed E-state index contributed by atoms with van der Waals surface area (Å²) in [7, 11) is 0. The highest BCUT2D eigenvalue weighted by atomic mass is 32.2. The Labute approximate surface area is 145 Å². The second kappa shape index (κ2) is 8.19. The zero-order chi connectivity index (χ0) is 17.7. The van der Waals surface area contributed by atoms with Gasteiger partial charge in [-0.2, -0.15) is 0 Å². The van der Waals surface area contributed by atoms with Gasteiger partial charge in [-0.25, -0.2) is 4.79 Å². The molecule has 2 atom stereocenters. The van der Waals surface area contributed by atoms with Crippen LogP contribution < -0.4 is 10.6 Å². The highest BCUT2D eigenvalue weighted by molar-refractivity contribution is 8.00. The number of benzene rings is 1. The monoisotopic (exact) mass is 350 g/mol. The van der Waals surface area contributed by atoms with Crippen LogP contribution in [-0.4, -0.2) is 41.4 Å². The van der Waals surface area contributed by atoms with Crippen LogP contribution in [0.4, 0.5) is 5.69 Å². The van der Waals surface area contributed by atoms with Gasteiger partial charge in [0.05, 0.1) is 11.9 Å². The molecule has 1 aliphatic heterocycles. The molecular weight excluding hydrogens is 328 g/mol. The fraction of sp³-hybridized carbons (Fsp3) is 0.471. The van der Waals surface area contributed by atoms with E-state index in [4.69, 9.17) is 4.74 Å². The molecule has 0 unspecified atom stereocenters. The molecule has 1 fully saturated rings. The van der Waals surface area contributed by atoms with E-state index in [-0.39, 0.29) is 24.8 Å². The van der Waals surface area contributed by atoms with E-state index in [9.17, 15) is 14.4 Å². The molecule has 0 saturated carbocycles. The second-order valence-corrected chi connectivity index (χ2v) is 7.00. The number of nitrogens with one attached hydrogen (secondary N) is 2. The molecule has 0 spiro atoms. The van der Waals surface area contributed by atoms with Gasteiger partial charge in [0.2, 0.25) is 11.8 Å². The average Bonchev–Trinajstić information content (AvgIpc) is 2.48. The van der Waals surface area contributed by atoms with Gasteiger partial charge in [-0.3, -0.25) is 9.59 Å². The lowest BCUT2D eigenvalue weighted by molar-refractivity contribution is -0.146. The summed E-state index contributed by atoms with van der Waals surface area (Å²) < 4.78 is 4.90. The SMILES string of the molecule is CCOC(=O)[C@H]1CS[C@@H](CC(=O)Nc2cc(C)cc(C)c2)C(=O)N1. The van der Waals surface area contributed by atoms with Crippen LogP contribution in [0.2, 0.25) is 0 Å². The van der Waals surface area contributed by atoms with Gasteiger partial charge in [0.25, 0.3) is 0 Å². The first-order chi connectivity index (χ1) is 11.4. The maximum absolute atomic E-state index is 12.2. The Morgan fingerprint density at radius 2 is 1.96 bits per heavy atom. The molecule has 24 heavy (non-hydrogen) atoms. The van der Waals surface area contributed by atoms with Gasteiger partial charge in [-0.1, -0.05) is 6.07 Å². The first-order valence-corrected chi connectivity index (χ1v) is 8.90. The summed E-state index contributed by atoms with van der Waals surface area (Å²) in [6, 6.07) is 5.16. The minimum Gasteiger partial charge on any atom is -0.464 e. The van der Waals surface area contributed by atoms with E-state index in [0.717, 1.165) is 16.8 Å². The third-order valence-corrected chi connectivity index (χ3v) is 4.83. The number of aryl methyl sites for hydroxylation is 2. The van der Waals surface area contributed by atoms with Crippen molar-refractivity contribution in [1.29, 1.82) is 0 Å². The molecule has 0 aliphatic carbocycles. The van der Waals surface area contributed by atoms with Crippen LogP contribution in [0, 0.1) is 13.8 Å². The Hall–Kier alpha value is -2.02. The van der Waals surface area contributed by atoms with Crippen molar-refractivity contribution >= 4 is 35.2 Å². The van der Waals surface area contributed by atoms with Gasteiger partial charge in [0.1, 0.15) is 6.04 Å². The Balaban J connectivity index is 1.88. The fourth-order valence-electron chi connectivity index (χ4n) is 2.54. The van der Waals surface area contributed by atoms with Crippen molar-refractivity contribution < 1.29 is 19.1 Å². The van der Waals surface area contributed by atoms with Crippen LogP contribution in [0.25, 0.3) is 0 Å². The number of amides is 2. The third kappa shape index (κ3) is 4.99. The molecule has 1 aromatic rings. The largest absolute Gasteiger partial charge is 0.464 e. The Morgan fingerprint density at radius 1 is 1.29 bits per heavy atom. The summed E-state index contributed by atoms with van der Waals surface area (Å²) >= 11 is 1.31. The summed E-state index contributed by atoms with van der Waals surface area (Å²) in [5.74, 6) is -0.551. The fourth-order valence-corrected chi connectivity index (χ4v) is 3.68. The van der Waals surface area contributed by atoms with Crippen LogP contribution >= 0.6 is 11.8 Å². The lowest BCUT2D eigenvalue weighted by Gasteiger charge is -2.27. The van der Waals surface area contributed by atoms with E-state index < -0.39 is 17.3 Å². The summed E-state index contributed by atoms with van der Waals surface area (Å²) in [5.41, 5.74) is 2.85. The number of ether oxygens (including phenoxy) is 1. The minimum absolute atomic E-state index is 0.0685. The van der Waals surface area contributed by atoms with Crippen molar-refractivity contribution in [3.8, 4) is 0 Å². The van der Waals surface area contributed by atoms with E-state index in [2.05, 4.69) is 10.6 Å². The number of esters is 1. The molecule has 0 bridgehead atoms. The molecule has 6 nitrogen and oxygen atoms in total. The molecule has 1 aliphatic rings. The standard InChI is InChI=1S/C17H22N2O4S/c1-4-23-17(22)13-9-24-14(16(21)19-13)8-15(20)18-12-6-10(2)5-11(3)7-12/h5-7,13-14H,4,8-9H2,1-3H3,(H,18,20)(H,19,21)/t13-,14+/m1/s1. The molecule has 1 heterocycles. The normalized spacial score (nSPS) is 20.2. The van der Waals surface area contributed by atoms with Crippen molar-refractivity contribution in [2.45, 2.75) is 38.5 Å². The Bertz CT molecular complexity index is 627. The minimum atomic E-state index is -0.638. The lowest BCUT2D eigenvalue weighted by Crippen LogP contribution is -2.51. The van der Waals surface area contributed by atoms with Crippen molar-refractivity contribution in [1.82, 2.24) is 5.32 Å². The molecular formula is C17H22N2O4S. The zero-order valence-electron chi connectivity index (χ0n) is 14.0. The van der Waals surface area contributed by atoms with Crippen LogP contribution in [0.15, 0.2) is 18.2 Å². The Morgan fingerprint density at radius 3 is 2.54 bits per heavy atom. The summed E-state index contributed by atoms with van der Waals surface area (Å²) in [4.78, 5) is 35.9. The maximum Gasteiger partial charge on any atom is 0.329 e. The number of hydrogen-bond donors (Lipinski definition) is 2. The zero-order valence-corrected chi connectivity index (χ0v) is 14.9. The lowest BCUT2D eigenvalue weighted by atomic mass is 10.1. The molecule has 0 radical (unpaired) electrons. The topological polar surface area (TPSA) is 84.5 Å². The van der Waals surface area contributed by atoms with Crippen LogP contribution in [0.1, 0.15) is 24.5 Å². The molecule has 1 saturated heterocycles. The smallest absolute Gasteiger partial charge is 0.329 e. The van der Waals surface area contributed by atoms with Gasteiger partial charge in [0, 0.05) is 17.9 Å². The second-order valence-electron chi connectivity index (χ2n) is 5.76. The number of carbonyl (C=O) groups is 3. The first kappa shape index (κ1) is 18.3. The third-order valence-electron chi connectivity index (χ3n) is 3.52. The van der Waals surface area contributed by atoms with Gasteiger partial charge >= 0.3 is 5.97 Å². The molecule has 2 N–H and O–H groups in total. The summed E-state index contributed by atoms with van der Waals surface area (Å²) in [5, 5.41) is 4.95. The van der Waals surface area contributed by atoms with Crippen molar-refractivity contribution in [3.63, 3.8) is 0 Å². The Kier molecular flexibility index (Phi) is 6.25. The first-order valence-electron chi connectivity index (χ1n) is 7.85. The predicted molar refractivity (Wildman–Crippen MR) is 94.0 cm³/mol. The van der Waals surface area contributed by atoms with E-state index in [0.29, 0.717) is 5.75 Å². The van der Waals surface area contributed by atoms with Gasteiger partial charge in [0.15, 0.2) is 0 Å². The van der Waals surface area contributed by atoms with E-state index in [1.54, 1.807) is 6.92 Å². The molecule has 2 amide bonds. The van der Waals surface area contributed by atoms with Crippen LogP contribution in [0.3, 0.4) is 0 Å². The van der Waals surface area contributed by atoms with E-state index >= 15 is 0 Å². The molecule has 1 aromatic carbocycles. The quantitative estimate of drug-likeness (QED) is 0.791. The van der Waals surface area contributed by atoms with Crippen molar-refractivity contribution in [2.75, 3.05) is 17.7 Å². The van der Waals surface area contributed by atoms with Gasteiger partial charge < -0.3 is 15.4 Å². The van der Waals surface area contributed by atoms with Crippen LogP contribution in [-0.2, 0) is 19.1 Å².